The SMILES string of the molecule is CCc1ccccc1NC(=O)CC(=O)N1CCN(c2ccccc2)CC1. The van der Waals surface area contributed by atoms with Crippen molar-refractivity contribution in [2.24, 2.45) is 0 Å². The summed E-state index contributed by atoms with van der Waals surface area (Å²) in [4.78, 5) is 28.7. The van der Waals surface area contributed by atoms with Crippen molar-refractivity contribution in [2.45, 2.75) is 19.8 Å². The van der Waals surface area contributed by atoms with Gasteiger partial charge in [0.05, 0.1) is 0 Å². The van der Waals surface area contributed by atoms with Crippen molar-refractivity contribution < 1.29 is 9.59 Å². The Kier molecular flexibility index (Phi) is 5.89. The molecule has 1 N–H and O–H groups in total. The topological polar surface area (TPSA) is 52.7 Å². The number of nitrogens with zero attached hydrogens (tertiary/aromatic N) is 2. The molecule has 26 heavy (non-hydrogen) atoms. The molecule has 3 rings (SSSR count). The van der Waals surface area contributed by atoms with E-state index in [1.165, 1.54) is 5.69 Å². The van der Waals surface area contributed by atoms with Crippen molar-refractivity contribution in [3.8, 4) is 0 Å². The summed E-state index contributed by atoms with van der Waals surface area (Å²) in [6, 6.07) is 17.9. The van der Waals surface area contributed by atoms with Crippen molar-refractivity contribution in [1.29, 1.82) is 0 Å². The van der Waals surface area contributed by atoms with Gasteiger partial charge in [-0.3, -0.25) is 9.59 Å². The van der Waals surface area contributed by atoms with Gasteiger partial charge in [0, 0.05) is 37.6 Å². The van der Waals surface area contributed by atoms with Gasteiger partial charge in [0.2, 0.25) is 11.8 Å². The number of anilines is 2. The summed E-state index contributed by atoms with van der Waals surface area (Å²) in [5.41, 5.74) is 3.04. The van der Waals surface area contributed by atoms with Gasteiger partial charge < -0.3 is 15.1 Å². The molecule has 1 aliphatic heterocycles. The summed E-state index contributed by atoms with van der Waals surface area (Å²) in [5.74, 6) is -0.356. The molecule has 2 aromatic carbocycles. The number of hydrogen-bond acceptors (Lipinski definition) is 3. The molecule has 5 heteroatoms. The maximum absolute atomic E-state index is 12.4. The van der Waals surface area contributed by atoms with E-state index in [0.29, 0.717) is 13.1 Å². The molecule has 0 bridgehead atoms. The van der Waals surface area contributed by atoms with E-state index in [2.05, 4.69) is 22.3 Å². The maximum atomic E-state index is 12.4. The average Bonchev–Trinajstić information content (AvgIpc) is 2.69. The zero-order valence-electron chi connectivity index (χ0n) is 15.1. The Morgan fingerprint density at radius 1 is 0.923 bits per heavy atom. The predicted molar refractivity (Wildman–Crippen MR) is 104 cm³/mol. The zero-order valence-corrected chi connectivity index (χ0v) is 15.1. The van der Waals surface area contributed by atoms with Crippen molar-refractivity contribution >= 4 is 23.2 Å². The van der Waals surface area contributed by atoms with E-state index >= 15 is 0 Å². The van der Waals surface area contributed by atoms with Gasteiger partial charge in [-0.2, -0.15) is 0 Å². The second-order valence-electron chi connectivity index (χ2n) is 6.44. The van der Waals surface area contributed by atoms with Crippen LogP contribution in [-0.2, 0) is 16.0 Å². The van der Waals surface area contributed by atoms with Crippen LogP contribution in [0.25, 0.3) is 0 Å². The molecule has 0 spiro atoms. The van der Waals surface area contributed by atoms with E-state index in [9.17, 15) is 9.59 Å². The lowest BCUT2D eigenvalue weighted by atomic mass is 10.1. The molecule has 0 aromatic heterocycles. The van der Waals surface area contributed by atoms with Gasteiger partial charge in [-0.05, 0) is 30.2 Å². The molecule has 1 saturated heterocycles. The number of carbonyl (C=O) groups is 2. The number of piperazine rings is 1. The third-order valence-electron chi connectivity index (χ3n) is 4.74. The summed E-state index contributed by atoms with van der Waals surface area (Å²) in [6.45, 7) is 4.91. The Balaban J connectivity index is 1.50. The molecule has 5 nitrogen and oxygen atoms in total. The summed E-state index contributed by atoms with van der Waals surface area (Å²) in [6.07, 6.45) is 0.731. The van der Waals surface area contributed by atoms with Crippen LogP contribution in [0.15, 0.2) is 54.6 Å². The van der Waals surface area contributed by atoms with Crippen LogP contribution in [0.2, 0.25) is 0 Å². The van der Waals surface area contributed by atoms with Crippen molar-refractivity contribution in [2.75, 3.05) is 36.4 Å². The number of carbonyl (C=O) groups excluding carboxylic acids is 2. The van der Waals surface area contributed by atoms with Crippen molar-refractivity contribution in [3.05, 3.63) is 60.2 Å². The van der Waals surface area contributed by atoms with Crippen LogP contribution in [0.4, 0.5) is 11.4 Å². The molecule has 0 radical (unpaired) electrons. The van der Waals surface area contributed by atoms with E-state index in [4.69, 9.17) is 0 Å². The first-order chi connectivity index (χ1) is 12.7. The Morgan fingerprint density at radius 3 is 2.27 bits per heavy atom. The number of benzene rings is 2. The molecule has 0 saturated carbocycles. The van der Waals surface area contributed by atoms with Gasteiger partial charge in [-0.25, -0.2) is 0 Å². The van der Waals surface area contributed by atoms with E-state index in [1.807, 2.05) is 49.4 Å². The number of nitrogens with one attached hydrogen (secondary N) is 1. The highest BCUT2D eigenvalue weighted by molar-refractivity contribution is 6.03. The van der Waals surface area contributed by atoms with Crippen molar-refractivity contribution in [3.63, 3.8) is 0 Å². The molecule has 0 unspecified atom stereocenters. The maximum Gasteiger partial charge on any atom is 0.233 e. The molecule has 0 atom stereocenters. The lowest BCUT2D eigenvalue weighted by molar-refractivity contribution is -0.134. The van der Waals surface area contributed by atoms with Crippen LogP contribution in [0.1, 0.15) is 18.9 Å². The van der Waals surface area contributed by atoms with Gasteiger partial charge in [0.15, 0.2) is 0 Å². The second kappa shape index (κ2) is 8.52. The Labute approximate surface area is 154 Å². The van der Waals surface area contributed by atoms with E-state index < -0.39 is 0 Å². The van der Waals surface area contributed by atoms with Crippen LogP contribution in [0.3, 0.4) is 0 Å². The first-order valence-corrected chi connectivity index (χ1v) is 9.13. The van der Waals surface area contributed by atoms with Crippen LogP contribution in [0, 0.1) is 0 Å². The highest BCUT2D eigenvalue weighted by atomic mass is 16.2. The molecule has 0 aliphatic carbocycles. The molecule has 1 aliphatic rings. The van der Waals surface area contributed by atoms with Gasteiger partial charge in [0.1, 0.15) is 6.42 Å². The van der Waals surface area contributed by atoms with Crippen LogP contribution < -0.4 is 10.2 Å². The fourth-order valence-electron chi connectivity index (χ4n) is 3.25. The van der Waals surface area contributed by atoms with E-state index in [0.717, 1.165) is 30.8 Å². The summed E-state index contributed by atoms with van der Waals surface area (Å²) in [5, 5.41) is 2.87. The minimum absolute atomic E-state index is 0.107. The molecule has 1 heterocycles. The smallest absolute Gasteiger partial charge is 0.233 e. The zero-order chi connectivity index (χ0) is 18.4. The van der Waals surface area contributed by atoms with Gasteiger partial charge >= 0.3 is 0 Å². The molecule has 2 aromatic rings. The minimum atomic E-state index is -0.249. The Morgan fingerprint density at radius 2 is 1.58 bits per heavy atom. The molecular weight excluding hydrogens is 326 g/mol. The number of aryl methyl sites for hydroxylation is 1. The second-order valence-corrected chi connectivity index (χ2v) is 6.44. The lowest BCUT2D eigenvalue weighted by Gasteiger charge is -2.36. The van der Waals surface area contributed by atoms with Crippen LogP contribution in [-0.4, -0.2) is 42.9 Å². The normalized spacial score (nSPS) is 14.2. The molecule has 1 fully saturated rings. The van der Waals surface area contributed by atoms with E-state index in [1.54, 1.807) is 4.90 Å². The minimum Gasteiger partial charge on any atom is -0.368 e. The number of para-hydroxylation sites is 2. The highest BCUT2D eigenvalue weighted by Crippen LogP contribution is 2.17. The number of hydrogen-bond donors (Lipinski definition) is 1. The fourth-order valence-corrected chi connectivity index (χ4v) is 3.25. The average molecular weight is 351 g/mol. The fraction of sp³-hybridized carbons (Fsp3) is 0.333. The first-order valence-electron chi connectivity index (χ1n) is 9.13. The molecule has 2 amide bonds. The standard InChI is InChI=1S/C21H25N3O2/c1-2-17-8-6-7-11-19(17)22-20(25)16-21(26)24-14-12-23(13-15-24)18-9-4-3-5-10-18/h3-11H,2,12-16H2,1H3,(H,22,25). The first kappa shape index (κ1) is 18.0. The number of rotatable bonds is 5. The molecule has 136 valence electrons. The largest absolute Gasteiger partial charge is 0.368 e. The molecular formula is C21H25N3O2. The lowest BCUT2D eigenvalue weighted by Crippen LogP contribution is -2.49. The predicted octanol–water partition coefficient (Wildman–Crippen LogP) is 2.93. The van der Waals surface area contributed by atoms with Gasteiger partial charge in [-0.1, -0.05) is 43.3 Å². The number of amides is 2. The van der Waals surface area contributed by atoms with Crippen molar-refractivity contribution in [1.82, 2.24) is 4.90 Å². The monoisotopic (exact) mass is 351 g/mol. The Hall–Kier alpha value is -2.82. The van der Waals surface area contributed by atoms with Gasteiger partial charge in [0.25, 0.3) is 0 Å². The summed E-state index contributed by atoms with van der Waals surface area (Å²) >= 11 is 0. The van der Waals surface area contributed by atoms with E-state index in [-0.39, 0.29) is 18.2 Å². The van der Waals surface area contributed by atoms with Crippen LogP contribution >= 0.6 is 0 Å². The quantitative estimate of drug-likeness (QED) is 0.843. The Bertz CT molecular complexity index is 753. The van der Waals surface area contributed by atoms with Crippen LogP contribution in [0.5, 0.6) is 0 Å². The van der Waals surface area contributed by atoms with Gasteiger partial charge in [-0.15, -0.1) is 0 Å². The highest BCUT2D eigenvalue weighted by Gasteiger charge is 2.23. The summed E-state index contributed by atoms with van der Waals surface area (Å²) < 4.78 is 0. The third-order valence-corrected chi connectivity index (χ3v) is 4.74. The summed E-state index contributed by atoms with van der Waals surface area (Å²) in [7, 11) is 0. The third kappa shape index (κ3) is 4.42.